The zero-order valence-electron chi connectivity index (χ0n) is 13.3. The number of aromatic nitrogens is 2. The highest BCUT2D eigenvalue weighted by molar-refractivity contribution is 6.30. The van der Waals surface area contributed by atoms with Crippen LogP contribution < -0.4 is 16.0 Å². The lowest BCUT2D eigenvalue weighted by Gasteiger charge is -2.10. The van der Waals surface area contributed by atoms with E-state index in [0.29, 0.717) is 35.4 Å². The van der Waals surface area contributed by atoms with Gasteiger partial charge in [-0.3, -0.25) is 4.79 Å². The zero-order valence-corrected chi connectivity index (χ0v) is 14.1. The van der Waals surface area contributed by atoms with Gasteiger partial charge in [0.1, 0.15) is 5.82 Å². The Morgan fingerprint density at radius 1 is 1.21 bits per heavy atom. The highest BCUT2D eigenvalue weighted by Gasteiger charge is 2.06. The van der Waals surface area contributed by atoms with Crippen molar-refractivity contribution in [2.75, 3.05) is 35.6 Å². The number of hydrogen-bond donors (Lipinski definition) is 4. The average Bonchev–Trinajstić information content (AvgIpc) is 2.55. The maximum Gasteiger partial charge on any atom is 0.243 e. The van der Waals surface area contributed by atoms with Crippen LogP contribution in [0.3, 0.4) is 0 Å². The lowest BCUT2D eigenvalue weighted by atomic mass is 10.3. The van der Waals surface area contributed by atoms with Crippen molar-refractivity contribution in [3.8, 4) is 0 Å². The molecular formula is C16H20ClN5O2. The van der Waals surface area contributed by atoms with Crippen molar-refractivity contribution in [1.29, 1.82) is 0 Å². The lowest BCUT2D eigenvalue weighted by molar-refractivity contribution is -0.114. The topological polar surface area (TPSA) is 99.2 Å². The van der Waals surface area contributed by atoms with Gasteiger partial charge in [-0.25, -0.2) is 4.98 Å². The third kappa shape index (κ3) is 6.02. The van der Waals surface area contributed by atoms with Gasteiger partial charge in [-0.05, 0) is 37.6 Å². The van der Waals surface area contributed by atoms with E-state index < -0.39 is 0 Å². The van der Waals surface area contributed by atoms with Crippen molar-refractivity contribution in [3.63, 3.8) is 0 Å². The molecule has 128 valence electrons. The minimum absolute atomic E-state index is 0.0438. The molecule has 0 aliphatic rings. The maximum atomic E-state index is 11.9. The van der Waals surface area contributed by atoms with Crippen LogP contribution in [0, 0.1) is 6.92 Å². The number of carbonyl (C=O) groups is 1. The fraction of sp³-hybridized carbons (Fsp3) is 0.312. The van der Waals surface area contributed by atoms with Gasteiger partial charge in [0.15, 0.2) is 0 Å². The summed E-state index contributed by atoms with van der Waals surface area (Å²) in [4.78, 5) is 20.5. The number of anilines is 3. The molecular weight excluding hydrogens is 330 g/mol. The molecule has 0 aliphatic carbocycles. The summed E-state index contributed by atoms with van der Waals surface area (Å²) in [6, 6.07) is 8.67. The number of nitrogens with zero attached hydrogens (tertiary/aromatic N) is 2. The van der Waals surface area contributed by atoms with Crippen molar-refractivity contribution in [2.45, 2.75) is 13.3 Å². The van der Waals surface area contributed by atoms with E-state index in [1.165, 1.54) is 0 Å². The van der Waals surface area contributed by atoms with Crippen molar-refractivity contribution in [1.82, 2.24) is 9.97 Å². The van der Waals surface area contributed by atoms with Gasteiger partial charge in [-0.1, -0.05) is 11.6 Å². The Labute approximate surface area is 145 Å². The molecule has 24 heavy (non-hydrogen) atoms. The minimum atomic E-state index is -0.211. The van der Waals surface area contributed by atoms with Crippen molar-refractivity contribution < 1.29 is 9.90 Å². The Bertz CT molecular complexity index is 679. The van der Waals surface area contributed by atoms with E-state index in [-0.39, 0.29) is 19.1 Å². The molecule has 0 spiro atoms. The quantitative estimate of drug-likeness (QED) is 0.546. The van der Waals surface area contributed by atoms with Crippen molar-refractivity contribution >= 4 is 35.0 Å². The van der Waals surface area contributed by atoms with E-state index >= 15 is 0 Å². The van der Waals surface area contributed by atoms with Gasteiger partial charge in [0.05, 0.1) is 6.54 Å². The smallest absolute Gasteiger partial charge is 0.243 e. The largest absolute Gasteiger partial charge is 0.396 e. The Balaban J connectivity index is 1.88. The Morgan fingerprint density at radius 2 is 1.96 bits per heavy atom. The lowest BCUT2D eigenvalue weighted by Crippen LogP contribution is -2.23. The van der Waals surface area contributed by atoms with Crippen LogP contribution in [0.1, 0.15) is 12.1 Å². The zero-order chi connectivity index (χ0) is 17.4. The molecule has 1 aromatic carbocycles. The van der Waals surface area contributed by atoms with Crippen LogP contribution in [0.4, 0.5) is 17.5 Å². The van der Waals surface area contributed by atoms with Crippen LogP contribution in [0.15, 0.2) is 30.3 Å². The van der Waals surface area contributed by atoms with Crippen LogP contribution in [-0.4, -0.2) is 40.7 Å². The number of amides is 1. The summed E-state index contributed by atoms with van der Waals surface area (Å²) in [5, 5.41) is 18.2. The molecule has 0 unspecified atom stereocenters. The fourth-order valence-electron chi connectivity index (χ4n) is 1.93. The molecule has 0 atom stereocenters. The first-order chi connectivity index (χ1) is 11.6. The summed E-state index contributed by atoms with van der Waals surface area (Å²) < 4.78 is 0. The van der Waals surface area contributed by atoms with Gasteiger partial charge in [0.2, 0.25) is 11.9 Å². The van der Waals surface area contributed by atoms with E-state index in [4.69, 9.17) is 16.7 Å². The van der Waals surface area contributed by atoms with Gasteiger partial charge in [-0.15, -0.1) is 0 Å². The Kier molecular flexibility index (Phi) is 6.77. The number of nitrogens with one attached hydrogen (secondary N) is 3. The fourth-order valence-corrected chi connectivity index (χ4v) is 2.06. The predicted molar refractivity (Wildman–Crippen MR) is 95.5 cm³/mol. The monoisotopic (exact) mass is 349 g/mol. The van der Waals surface area contributed by atoms with Gasteiger partial charge in [-0.2, -0.15) is 4.98 Å². The summed E-state index contributed by atoms with van der Waals surface area (Å²) in [7, 11) is 0. The normalized spacial score (nSPS) is 10.3. The summed E-state index contributed by atoms with van der Waals surface area (Å²) in [5.74, 6) is 0.807. The minimum Gasteiger partial charge on any atom is -0.396 e. The van der Waals surface area contributed by atoms with Crippen LogP contribution in [0.25, 0.3) is 0 Å². The molecule has 0 aliphatic heterocycles. The molecule has 0 bridgehead atoms. The second-order valence-corrected chi connectivity index (χ2v) is 5.57. The first kappa shape index (κ1) is 18.0. The third-order valence-corrected chi connectivity index (χ3v) is 3.28. The van der Waals surface area contributed by atoms with E-state index in [1.807, 2.05) is 6.92 Å². The second-order valence-electron chi connectivity index (χ2n) is 5.13. The van der Waals surface area contributed by atoms with E-state index in [9.17, 15) is 4.79 Å². The molecule has 1 heterocycles. The first-order valence-corrected chi connectivity index (χ1v) is 7.94. The molecule has 8 heteroatoms. The molecule has 4 N–H and O–H groups in total. The molecule has 2 rings (SSSR count). The van der Waals surface area contributed by atoms with Crippen LogP contribution in [-0.2, 0) is 4.79 Å². The summed E-state index contributed by atoms with van der Waals surface area (Å²) >= 11 is 5.80. The first-order valence-electron chi connectivity index (χ1n) is 7.56. The highest BCUT2D eigenvalue weighted by atomic mass is 35.5. The Morgan fingerprint density at radius 3 is 2.67 bits per heavy atom. The molecule has 0 radical (unpaired) electrons. The van der Waals surface area contributed by atoms with Crippen LogP contribution in [0.5, 0.6) is 0 Å². The SMILES string of the molecule is Cc1cc(NCCCO)nc(NCC(=O)Nc2ccc(Cl)cc2)n1. The molecule has 2 aromatic rings. The number of hydrogen-bond acceptors (Lipinski definition) is 6. The number of benzene rings is 1. The number of halogens is 1. The van der Waals surface area contributed by atoms with Gasteiger partial charge < -0.3 is 21.1 Å². The molecule has 0 saturated heterocycles. The number of aryl methyl sites for hydroxylation is 1. The number of carbonyl (C=O) groups excluding carboxylic acids is 1. The number of rotatable bonds is 8. The molecule has 1 amide bonds. The molecule has 7 nitrogen and oxygen atoms in total. The molecule has 1 aromatic heterocycles. The summed E-state index contributed by atoms with van der Waals surface area (Å²) in [5.41, 5.74) is 1.44. The van der Waals surface area contributed by atoms with E-state index in [2.05, 4.69) is 25.9 Å². The third-order valence-electron chi connectivity index (χ3n) is 3.03. The standard InChI is InChI=1S/C16H20ClN5O2/c1-11-9-14(18-7-2-8-23)22-16(20-11)19-10-15(24)21-13-5-3-12(17)4-6-13/h3-6,9,23H,2,7-8,10H2,1H3,(H,21,24)(H2,18,19,20,22). The Hall–Kier alpha value is -2.38. The van der Waals surface area contributed by atoms with E-state index in [1.54, 1.807) is 30.3 Å². The molecule has 0 saturated carbocycles. The number of aliphatic hydroxyl groups excluding tert-OH is 1. The number of aliphatic hydroxyl groups is 1. The van der Waals surface area contributed by atoms with Gasteiger partial charge in [0.25, 0.3) is 0 Å². The predicted octanol–water partition coefficient (Wildman–Crippen LogP) is 2.28. The summed E-state index contributed by atoms with van der Waals surface area (Å²) in [6.45, 7) is 2.62. The highest BCUT2D eigenvalue weighted by Crippen LogP contribution is 2.13. The summed E-state index contributed by atoms with van der Waals surface area (Å²) in [6.07, 6.45) is 0.634. The van der Waals surface area contributed by atoms with E-state index in [0.717, 1.165) is 5.69 Å². The van der Waals surface area contributed by atoms with Crippen LogP contribution >= 0.6 is 11.6 Å². The van der Waals surface area contributed by atoms with Crippen LogP contribution in [0.2, 0.25) is 5.02 Å². The maximum absolute atomic E-state index is 11.9. The van der Waals surface area contributed by atoms with Gasteiger partial charge >= 0.3 is 0 Å². The van der Waals surface area contributed by atoms with Crippen molar-refractivity contribution in [3.05, 3.63) is 41.0 Å². The molecule has 0 fully saturated rings. The van der Waals surface area contributed by atoms with Gasteiger partial charge in [0, 0.05) is 35.6 Å². The van der Waals surface area contributed by atoms with Crippen molar-refractivity contribution in [2.24, 2.45) is 0 Å². The average molecular weight is 350 g/mol. The second kappa shape index (κ2) is 9.05.